The maximum absolute atomic E-state index is 11.9. The Hall–Kier alpha value is -2.39. The zero-order valence-corrected chi connectivity index (χ0v) is 15.4. The number of hydrogen-bond acceptors (Lipinski definition) is 8. The van der Waals surface area contributed by atoms with E-state index in [0.29, 0.717) is 16.1 Å². The van der Waals surface area contributed by atoms with Crippen molar-refractivity contribution in [1.82, 2.24) is 10.2 Å². The fourth-order valence-corrected chi connectivity index (χ4v) is 3.26. The highest BCUT2D eigenvalue weighted by Crippen LogP contribution is 2.25. The van der Waals surface area contributed by atoms with Crippen LogP contribution in [0.1, 0.15) is 12.5 Å². The van der Waals surface area contributed by atoms with Crippen molar-refractivity contribution in [2.24, 2.45) is 0 Å². The Balaban J connectivity index is 1.86. The van der Waals surface area contributed by atoms with Crippen molar-refractivity contribution in [2.75, 3.05) is 24.8 Å². The van der Waals surface area contributed by atoms with Gasteiger partial charge in [-0.25, -0.2) is 0 Å². The second-order valence-electron chi connectivity index (χ2n) is 4.57. The molecule has 0 atom stereocenters. The van der Waals surface area contributed by atoms with E-state index < -0.39 is 0 Å². The summed E-state index contributed by atoms with van der Waals surface area (Å²) in [6, 6.07) is 7.35. The number of benzene rings is 1. The number of methoxy groups -OCH3 is 1. The average molecular weight is 379 g/mol. The molecule has 0 radical (unpaired) electrons. The highest BCUT2D eigenvalue weighted by Gasteiger charge is 2.09. The second-order valence-corrected chi connectivity index (χ2v) is 6.77. The maximum Gasteiger partial charge on any atom is 0.316 e. The number of rotatable bonds is 8. The van der Waals surface area contributed by atoms with Gasteiger partial charge in [-0.2, -0.15) is 0 Å². The van der Waals surface area contributed by atoms with Gasteiger partial charge in [-0.15, -0.1) is 10.2 Å². The van der Waals surface area contributed by atoms with Crippen LogP contribution in [0.3, 0.4) is 0 Å². The first kappa shape index (κ1) is 18.9. The molecule has 1 aromatic carbocycles. The van der Waals surface area contributed by atoms with Crippen LogP contribution < -0.4 is 10.1 Å². The lowest BCUT2D eigenvalue weighted by molar-refractivity contribution is -0.139. The number of carbonyl (C=O) groups is 2. The lowest BCUT2D eigenvalue weighted by atomic mass is 10.2. The number of nitrogens with zero attached hydrogens (tertiary/aromatic N) is 2. The molecule has 2 rings (SSSR count). The van der Waals surface area contributed by atoms with Gasteiger partial charge in [-0.05, 0) is 30.7 Å². The molecule has 1 aromatic heterocycles. The van der Waals surface area contributed by atoms with Crippen LogP contribution in [0.2, 0.25) is 0 Å². The van der Waals surface area contributed by atoms with E-state index in [1.54, 1.807) is 20.1 Å². The van der Waals surface area contributed by atoms with Gasteiger partial charge in [0.25, 0.3) is 0 Å². The van der Waals surface area contributed by atoms with E-state index in [4.69, 9.17) is 9.47 Å². The molecule has 0 fully saturated rings. The molecule has 0 saturated heterocycles. The van der Waals surface area contributed by atoms with E-state index in [9.17, 15) is 9.59 Å². The number of esters is 1. The average Bonchev–Trinajstić information content (AvgIpc) is 3.06. The van der Waals surface area contributed by atoms with Gasteiger partial charge in [0.15, 0.2) is 4.34 Å². The van der Waals surface area contributed by atoms with E-state index in [2.05, 4.69) is 15.5 Å². The number of amides is 1. The van der Waals surface area contributed by atoms with Crippen molar-refractivity contribution >= 4 is 46.2 Å². The molecule has 132 valence electrons. The van der Waals surface area contributed by atoms with Crippen molar-refractivity contribution in [1.29, 1.82) is 0 Å². The summed E-state index contributed by atoms with van der Waals surface area (Å²) in [4.78, 5) is 23.2. The van der Waals surface area contributed by atoms with Gasteiger partial charge in [0.2, 0.25) is 11.0 Å². The molecule has 1 N–H and O–H groups in total. The minimum atomic E-state index is -0.319. The van der Waals surface area contributed by atoms with Crippen molar-refractivity contribution in [3.63, 3.8) is 0 Å². The van der Waals surface area contributed by atoms with Crippen LogP contribution in [-0.4, -0.2) is 41.5 Å². The molecule has 1 heterocycles. The first-order chi connectivity index (χ1) is 12.1. The molecule has 0 aliphatic heterocycles. The summed E-state index contributed by atoms with van der Waals surface area (Å²) in [5.74, 6) is 0.247. The fraction of sp³-hybridized carbons (Fsp3) is 0.250. The third-order valence-electron chi connectivity index (χ3n) is 2.78. The van der Waals surface area contributed by atoms with Crippen LogP contribution in [-0.2, 0) is 14.3 Å². The summed E-state index contributed by atoms with van der Waals surface area (Å²) in [5, 5.41) is 10.8. The minimum absolute atomic E-state index is 0.159. The fourth-order valence-electron chi connectivity index (χ4n) is 1.71. The number of carbonyl (C=O) groups excluding carboxylic acids is 2. The summed E-state index contributed by atoms with van der Waals surface area (Å²) < 4.78 is 10.5. The normalized spacial score (nSPS) is 10.6. The Morgan fingerprint density at radius 1 is 1.36 bits per heavy atom. The Bertz CT molecular complexity index is 761. The van der Waals surface area contributed by atoms with Crippen LogP contribution in [0.4, 0.5) is 5.13 Å². The van der Waals surface area contributed by atoms with Crippen LogP contribution >= 0.6 is 23.1 Å². The van der Waals surface area contributed by atoms with Crippen molar-refractivity contribution in [3.05, 3.63) is 35.9 Å². The SMILES string of the molecule is CCOC(=O)CSc1nnc(NC(=O)C=Cc2cccc(OC)c2)s1. The molecule has 0 unspecified atom stereocenters. The Morgan fingerprint density at radius 2 is 2.20 bits per heavy atom. The predicted octanol–water partition coefficient (Wildman–Crippen LogP) is 2.85. The van der Waals surface area contributed by atoms with Crippen molar-refractivity contribution in [3.8, 4) is 5.75 Å². The summed E-state index contributed by atoms with van der Waals surface area (Å²) in [5.41, 5.74) is 0.845. The van der Waals surface area contributed by atoms with Crippen LogP contribution in [0.25, 0.3) is 6.08 Å². The molecule has 7 nitrogen and oxygen atoms in total. The van der Waals surface area contributed by atoms with Crippen molar-refractivity contribution in [2.45, 2.75) is 11.3 Å². The van der Waals surface area contributed by atoms with Gasteiger partial charge in [-0.1, -0.05) is 35.2 Å². The lowest BCUT2D eigenvalue weighted by Crippen LogP contribution is -2.07. The minimum Gasteiger partial charge on any atom is -0.497 e. The Kier molecular flexibility index (Phi) is 7.42. The highest BCUT2D eigenvalue weighted by molar-refractivity contribution is 8.01. The maximum atomic E-state index is 11.9. The Labute approximate surface area is 153 Å². The van der Waals surface area contributed by atoms with Crippen LogP contribution in [0, 0.1) is 0 Å². The molecule has 0 aliphatic rings. The second kappa shape index (κ2) is 9.80. The molecular formula is C16H17N3O4S2. The summed E-state index contributed by atoms with van der Waals surface area (Å²) in [7, 11) is 1.59. The van der Waals surface area contributed by atoms with Crippen LogP contribution in [0.15, 0.2) is 34.7 Å². The first-order valence-electron chi connectivity index (χ1n) is 7.35. The van der Waals surface area contributed by atoms with Gasteiger partial charge in [0, 0.05) is 6.08 Å². The number of nitrogens with one attached hydrogen (secondary N) is 1. The van der Waals surface area contributed by atoms with Gasteiger partial charge >= 0.3 is 5.97 Å². The summed E-state index contributed by atoms with van der Waals surface area (Å²) in [6.07, 6.45) is 3.08. The molecule has 1 amide bonds. The molecule has 2 aromatic rings. The summed E-state index contributed by atoms with van der Waals surface area (Å²) in [6.45, 7) is 2.09. The number of ether oxygens (including phenoxy) is 2. The van der Waals surface area contributed by atoms with Gasteiger partial charge in [-0.3, -0.25) is 14.9 Å². The Morgan fingerprint density at radius 3 is 2.96 bits per heavy atom. The third kappa shape index (κ3) is 6.55. The van der Waals surface area contributed by atoms with Gasteiger partial charge in [0.1, 0.15) is 5.75 Å². The van der Waals surface area contributed by atoms with E-state index in [1.165, 1.54) is 29.2 Å². The molecule has 9 heteroatoms. The number of thioether (sulfide) groups is 1. The van der Waals surface area contributed by atoms with Gasteiger partial charge < -0.3 is 9.47 Å². The molecule has 25 heavy (non-hydrogen) atoms. The first-order valence-corrected chi connectivity index (χ1v) is 9.16. The standard InChI is InChI=1S/C16H17N3O4S2/c1-3-23-14(21)10-24-16-19-18-15(25-16)17-13(20)8-7-11-5-4-6-12(9-11)22-2/h4-9H,3,10H2,1-2H3,(H,17,18,20). The molecule has 0 spiro atoms. The predicted molar refractivity (Wildman–Crippen MR) is 97.9 cm³/mol. The number of hydrogen-bond donors (Lipinski definition) is 1. The number of anilines is 1. The van der Waals surface area contributed by atoms with Crippen molar-refractivity contribution < 1.29 is 19.1 Å². The topological polar surface area (TPSA) is 90.4 Å². The highest BCUT2D eigenvalue weighted by atomic mass is 32.2. The summed E-state index contributed by atoms with van der Waals surface area (Å²) >= 11 is 2.41. The number of aromatic nitrogens is 2. The monoisotopic (exact) mass is 379 g/mol. The molecule has 0 bridgehead atoms. The van der Waals surface area contributed by atoms with Gasteiger partial charge in [0.05, 0.1) is 19.5 Å². The largest absolute Gasteiger partial charge is 0.497 e. The molecular weight excluding hydrogens is 362 g/mol. The third-order valence-corrected chi connectivity index (χ3v) is 4.72. The molecule has 0 saturated carbocycles. The zero-order chi connectivity index (χ0) is 18.1. The molecule has 0 aliphatic carbocycles. The smallest absolute Gasteiger partial charge is 0.316 e. The van der Waals surface area contributed by atoms with E-state index in [-0.39, 0.29) is 17.6 Å². The van der Waals surface area contributed by atoms with E-state index in [1.807, 2.05) is 24.3 Å². The van der Waals surface area contributed by atoms with E-state index >= 15 is 0 Å². The van der Waals surface area contributed by atoms with E-state index in [0.717, 1.165) is 11.3 Å². The lowest BCUT2D eigenvalue weighted by Gasteiger charge is -2.00. The zero-order valence-electron chi connectivity index (χ0n) is 13.7. The van der Waals surface area contributed by atoms with Crippen LogP contribution in [0.5, 0.6) is 5.75 Å². The quantitative estimate of drug-likeness (QED) is 0.326.